The van der Waals surface area contributed by atoms with Gasteiger partial charge in [0.15, 0.2) is 17.3 Å². The van der Waals surface area contributed by atoms with Gasteiger partial charge in [0, 0.05) is 11.6 Å². The van der Waals surface area contributed by atoms with E-state index in [1.54, 1.807) is 12.1 Å². The van der Waals surface area contributed by atoms with Crippen molar-refractivity contribution in [3.8, 4) is 28.6 Å². The first-order valence-electron chi connectivity index (χ1n) is 6.68. The topological polar surface area (TPSA) is 90.9 Å². The Balaban J connectivity index is 2.35. The Morgan fingerprint density at radius 1 is 0.909 bits per heavy atom. The van der Waals surface area contributed by atoms with E-state index in [-0.39, 0.29) is 16.7 Å². The molecule has 0 amide bonds. The molecule has 3 rings (SSSR count). The summed E-state index contributed by atoms with van der Waals surface area (Å²) >= 11 is 0. The summed E-state index contributed by atoms with van der Waals surface area (Å²) < 4.78 is 5.57. The largest absolute Gasteiger partial charge is 0.504 e. The lowest BCUT2D eigenvalue weighted by atomic mass is 10.0. The molecule has 1 aromatic heterocycles. The number of phenolic OH excluding ortho intramolecular Hbond substituents is 2. The Morgan fingerprint density at radius 3 is 2.27 bits per heavy atom. The van der Waals surface area contributed by atoms with Crippen molar-refractivity contribution in [3.63, 3.8) is 0 Å². The van der Waals surface area contributed by atoms with Gasteiger partial charge in [-0.25, -0.2) is 0 Å². The minimum atomic E-state index is -0.662. The smallest absolute Gasteiger partial charge is 0.235 e. The molecule has 0 aliphatic carbocycles. The highest BCUT2D eigenvalue weighted by molar-refractivity contribution is 5.84. The van der Waals surface area contributed by atoms with Gasteiger partial charge in [-0.3, -0.25) is 4.79 Å². The van der Waals surface area contributed by atoms with Crippen molar-refractivity contribution in [2.75, 3.05) is 0 Å². The van der Waals surface area contributed by atoms with Crippen LogP contribution in [0, 0.1) is 13.8 Å². The molecule has 0 fully saturated rings. The van der Waals surface area contributed by atoms with Crippen molar-refractivity contribution in [2.24, 2.45) is 0 Å². The fraction of sp³-hybridized carbons (Fsp3) is 0.118. The first-order valence-corrected chi connectivity index (χ1v) is 6.68. The molecule has 0 saturated carbocycles. The normalized spacial score (nSPS) is 11.0. The summed E-state index contributed by atoms with van der Waals surface area (Å²) in [7, 11) is 0. The third-order valence-corrected chi connectivity index (χ3v) is 3.73. The van der Waals surface area contributed by atoms with E-state index < -0.39 is 22.7 Å². The van der Waals surface area contributed by atoms with Crippen LogP contribution in [-0.4, -0.2) is 15.3 Å². The fourth-order valence-electron chi connectivity index (χ4n) is 2.29. The van der Waals surface area contributed by atoms with Gasteiger partial charge in [-0.2, -0.15) is 0 Å². The molecule has 5 heteroatoms. The fourth-order valence-corrected chi connectivity index (χ4v) is 2.29. The summed E-state index contributed by atoms with van der Waals surface area (Å²) in [5.74, 6) is -1.34. The van der Waals surface area contributed by atoms with Crippen LogP contribution in [0.5, 0.6) is 17.2 Å². The summed E-state index contributed by atoms with van der Waals surface area (Å²) in [6.07, 6.45) is 0. The number of benzene rings is 2. The minimum absolute atomic E-state index is 0.000355. The Labute approximate surface area is 125 Å². The maximum atomic E-state index is 12.2. The Bertz CT molecular complexity index is 953. The highest BCUT2D eigenvalue weighted by Crippen LogP contribution is 2.35. The van der Waals surface area contributed by atoms with E-state index >= 15 is 0 Å². The van der Waals surface area contributed by atoms with E-state index in [2.05, 4.69) is 0 Å². The molecule has 112 valence electrons. The highest BCUT2D eigenvalue weighted by Gasteiger charge is 2.17. The molecule has 3 N–H and O–H groups in total. The van der Waals surface area contributed by atoms with Gasteiger partial charge in [0.05, 0.1) is 5.39 Å². The highest BCUT2D eigenvalue weighted by atomic mass is 16.4. The number of rotatable bonds is 1. The maximum absolute atomic E-state index is 12.2. The third-order valence-electron chi connectivity index (χ3n) is 3.73. The zero-order valence-corrected chi connectivity index (χ0v) is 12.0. The van der Waals surface area contributed by atoms with Crippen LogP contribution in [0.2, 0.25) is 0 Å². The van der Waals surface area contributed by atoms with E-state index in [1.807, 2.05) is 19.9 Å². The van der Waals surface area contributed by atoms with Crippen LogP contribution in [0.15, 0.2) is 39.5 Å². The lowest BCUT2D eigenvalue weighted by molar-refractivity contribution is 0.403. The minimum Gasteiger partial charge on any atom is -0.504 e. The molecule has 3 aromatic rings. The van der Waals surface area contributed by atoms with Gasteiger partial charge in [0.25, 0.3) is 0 Å². The summed E-state index contributed by atoms with van der Waals surface area (Å²) in [5, 5.41) is 29.1. The Morgan fingerprint density at radius 2 is 1.59 bits per heavy atom. The molecule has 0 unspecified atom stereocenters. The molecule has 0 bridgehead atoms. The SMILES string of the molecule is Cc1ccc(-c2oc3cc(O)c(O)cc3c(=O)c2O)cc1C. The van der Waals surface area contributed by atoms with Crippen molar-refractivity contribution in [2.45, 2.75) is 13.8 Å². The van der Waals surface area contributed by atoms with Gasteiger partial charge >= 0.3 is 0 Å². The van der Waals surface area contributed by atoms with Crippen molar-refractivity contribution >= 4 is 11.0 Å². The second-order valence-electron chi connectivity index (χ2n) is 5.25. The van der Waals surface area contributed by atoms with Gasteiger partial charge in [0.1, 0.15) is 5.58 Å². The molecule has 0 spiro atoms. The standard InChI is InChI=1S/C17H14O5/c1-8-3-4-10(5-9(8)2)17-16(21)15(20)11-6-12(18)13(19)7-14(11)22-17/h3-7,18-19,21H,1-2H3. The Kier molecular flexibility index (Phi) is 3.06. The first kappa shape index (κ1) is 14.0. The van der Waals surface area contributed by atoms with Gasteiger partial charge in [-0.15, -0.1) is 0 Å². The summed E-state index contributed by atoms with van der Waals surface area (Å²) in [5.41, 5.74) is 2.06. The molecule has 0 radical (unpaired) electrons. The van der Waals surface area contributed by atoms with E-state index in [0.29, 0.717) is 5.56 Å². The van der Waals surface area contributed by atoms with E-state index in [0.717, 1.165) is 23.3 Å². The van der Waals surface area contributed by atoms with Gasteiger partial charge in [0.2, 0.25) is 11.2 Å². The van der Waals surface area contributed by atoms with E-state index in [1.165, 1.54) is 0 Å². The molecule has 5 nitrogen and oxygen atoms in total. The maximum Gasteiger partial charge on any atom is 0.235 e. The van der Waals surface area contributed by atoms with Gasteiger partial charge in [-0.1, -0.05) is 12.1 Å². The van der Waals surface area contributed by atoms with Gasteiger partial charge < -0.3 is 19.7 Å². The number of aromatic hydroxyl groups is 3. The molecule has 0 saturated heterocycles. The molecular formula is C17H14O5. The number of fused-ring (bicyclic) bond motifs is 1. The second kappa shape index (κ2) is 4.80. The Hall–Kier alpha value is -2.95. The molecule has 0 aliphatic rings. The summed E-state index contributed by atoms with van der Waals surface area (Å²) in [6, 6.07) is 7.63. The second-order valence-corrected chi connectivity index (χ2v) is 5.25. The summed E-state index contributed by atoms with van der Waals surface area (Å²) in [4.78, 5) is 12.2. The lowest BCUT2D eigenvalue weighted by Crippen LogP contribution is -2.02. The number of aryl methyl sites for hydroxylation is 2. The molecule has 0 aliphatic heterocycles. The molecule has 0 atom stereocenters. The lowest BCUT2D eigenvalue weighted by Gasteiger charge is -2.08. The first-order chi connectivity index (χ1) is 10.4. The zero-order valence-electron chi connectivity index (χ0n) is 12.0. The predicted molar refractivity (Wildman–Crippen MR) is 82.4 cm³/mol. The molecule has 1 heterocycles. The number of hydrogen-bond acceptors (Lipinski definition) is 5. The van der Waals surface area contributed by atoms with Crippen LogP contribution < -0.4 is 5.43 Å². The van der Waals surface area contributed by atoms with Crippen LogP contribution in [0.3, 0.4) is 0 Å². The van der Waals surface area contributed by atoms with Crippen molar-refractivity contribution < 1.29 is 19.7 Å². The third kappa shape index (κ3) is 2.07. The predicted octanol–water partition coefficient (Wildman–Crippen LogP) is 3.19. The van der Waals surface area contributed by atoms with Crippen LogP contribution in [-0.2, 0) is 0 Å². The summed E-state index contributed by atoms with van der Waals surface area (Å²) in [6.45, 7) is 3.87. The zero-order chi connectivity index (χ0) is 16.0. The van der Waals surface area contributed by atoms with Crippen LogP contribution in [0.25, 0.3) is 22.3 Å². The van der Waals surface area contributed by atoms with Crippen LogP contribution in [0.4, 0.5) is 0 Å². The average molecular weight is 298 g/mol. The van der Waals surface area contributed by atoms with E-state index in [4.69, 9.17) is 4.42 Å². The van der Waals surface area contributed by atoms with Crippen molar-refractivity contribution in [3.05, 3.63) is 51.7 Å². The van der Waals surface area contributed by atoms with Crippen LogP contribution in [0.1, 0.15) is 11.1 Å². The molecular weight excluding hydrogens is 284 g/mol. The quantitative estimate of drug-likeness (QED) is 0.600. The monoisotopic (exact) mass is 298 g/mol. The van der Waals surface area contributed by atoms with Crippen LogP contribution >= 0.6 is 0 Å². The van der Waals surface area contributed by atoms with Gasteiger partial charge in [-0.05, 0) is 37.1 Å². The van der Waals surface area contributed by atoms with Crippen molar-refractivity contribution in [1.82, 2.24) is 0 Å². The molecule has 22 heavy (non-hydrogen) atoms. The number of hydrogen-bond donors (Lipinski definition) is 3. The number of phenols is 2. The average Bonchev–Trinajstić information content (AvgIpc) is 2.48. The van der Waals surface area contributed by atoms with Crippen molar-refractivity contribution in [1.29, 1.82) is 0 Å². The van der Waals surface area contributed by atoms with E-state index in [9.17, 15) is 20.1 Å². The molecule has 2 aromatic carbocycles.